The van der Waals surface area contributed by atoms with Crippen LogP contribution in [0.3, 0.4) is 0 Å². The number of nitrogens with one attached hydrogen (secondary N) is 1. The van der Waals surface area contributed by atoms with Gasteiger partial charge in [0, 0.05) is 11.3 Å². The smallest absolute Gasteiger partial charge is 0.255 e. The number of carbonyl (C=O) groups is 2. The van der Waals surface area contributed by atoms with Gasteiger partial charge < -0.3 is 5.32 Å². The highest BCUT2D eigenvalue weighted by Gasteiger charge is 2.35. The van der Waals surface area contributed by atoms with Crippen molar-refractivity contribution >= 4 is 35.0 Å². The van der Waals surface area contributed by atoms with E-state index in [-0.39, 0.29) is 28.3 Å². The van der Waals surface area contributed by atoms with E-state index in [0.29, 0.717) is 5.69 Å². The molecule has 2 amide bonds. The van der Waals surface area contributed by atoms with Gasteiger partial charge in [-0.15, -0.1) is 11.8 Å². The van der Waals surface area contributed by atoms with Crippen molar-refractivity contribution in [3.63, 3.8) is 0 Å². The summed E-state index contributed by atoms with van der Waals surface area (Å²) in [5.74, 6) is -1.24. The number of halogens is 2. The summed E-state index contributed by atoms with van der Waals surface area (Å²) in [6, 6.07) is 17.1. The van der Waals surface area contributed by atoms with E-state index >= 15 is 0 Å². The number of aryl methyl sites for hydroxylation is 1. The second kappa shape index (κ2) is 8.28. The molecule has 3 aromatic carbocycles. The quantitative estimate of drug-likeness (QED) is 0.618. The third-order valence-corrected chi connectivity index (χ3v) is 5.98. The Hall–Kier alpha value is -3.19. The number of hydrogen-bond donors (Lipinski definition) is 1. The van der Waals surface area contributed by atoms with Gasteiger partial charge in [0.15, 0.2) is 0 Å². The maximum Gasteiger partial charge on any atom is 0.255 e. The van der Waals surface area contributed by atoms with Crippen LogP contribution in [0.5, 0.6) is 0 Å². The highest BCUT2D eigenvalue weighted by molar-refractivity contribution is 8.00. The van der Waals surface area contributed by atoms with Crippen molar-refractivity contribution < 1.29 is 18.4 Å². The zero-order valence-electron chi connectivity index (χ0n) is 16.1. The molecule has 0 saturated carbocycles. The Morgan fingerprint density at radius 2 is 1.83 bits per heavy atom. The average molecular weight is 424 g/mol. The summed E-state index contributed by atoms with van der Waals surface area (Å²) in [6.45, 7) is 1.85. The van der Waals surface area contributed by atoms with E-state index in [9.17, 15) is 18.4 Å². The number of benzene rings is 3. The van der Waals surface area contributed by atoms with E-state index in [1.165, 1.54) is 47.0 Å². The molecule has 7 heteroatoms. The minimum absolute atomic E-state index is 0.155. The summed E-state index contributed by atoms with van der Waals surface area (Å²) in [5.41, 5.74) is 2.70. The van der Waals surface area contributed by atoms with Gasteiger partial charge in [0.25, 0.3) is 5.91 Å². The molecule has 1 unspecified atom stereocenters. The predicted molar refractivity (Wildman–Crippen MR) is 115 cm³/mol. The highest BCUT2D eigenvalue weighted by atomic mass is 32.2. The summed E-state index contributed by atoms with van der Waals surface area (Å²) in [7, 11) is 0. The van der Waals surface area contributed by atoms with Crippen LogP contribution in [-0.4, -0.2) is 17.6 Å². The van der Waals surface area contributed by atoms with E-state index < -0.39 is 17.5 Å². The maximum absolute atomic E-state index is 14.4. The molecule has 0 aromatic heterocycles. The largest absolute Gasteiger partial charge is 0.322 e. The second-order valence-electron chi connectivity index (χ2n) is 6.97. The van der Waals surface area contributed by atoms with Crippen LogP contribution in [0.15, 0.2) is 66.7 Å². The Morgan fingerprint density at radius 1 is 1.07 bits per heavy atom. The average Bonchev–Trinajstić information content (AvgIpc) is 3.11. The molecular weight excluding hydrogens is 406 g/mol. The molecule has 1 atom stereocenters. The van der Waals surface area contributed by atoms with Gasteiger partial charge in [-0.1, -0.05) is 24.3 Å². The van der Waals surface area contributed by atoms with Crippen molar-refractivity contribution in [1.82, 2.24) is 0 Å². The molecule has 30 heavy (non-hydrogen) atoms. The van der Waals surface area contributed by atoms with Gasteiger partial charge in [0.1, 0.15) is 17.0 Å². The van der Waals surface area contributed by atoms with Crippen molar-refractivity contribution in [3.8, 4) is 0 Å². The molecule has 3 aromatic rings. The zero-order valence-corrected chi connectivity index (χ0v) is 16.9. The molecule has 0 spiro atoms. The lowest BCUT2D eigenvalue weighted by atomic mass is 10.1. The molecule has 0 aliphatic carbocycles. The minimum Gasteiger partial charge on any atom is -0.322 e. The van der Waals surface area contributed by atoms with E-state index in [1.54, 1.807) is 36.4 Å². The van der Waals surface area contributed by atoms with Crippen LogP contribution in [0.2, 0.25) is 0 Å². The van der Waals surface area contributed by atoms with Gasteiger partial charge in [-0.3, -0.25) is 14.5 Å². The third-order valence-electron chi connectivity index (χ3n) is 4.77. The minimum atomic E-state index is -0.482. The lowest BCUT2D eigenvalue weighted by Crippen LogP contribution is -2.28. The molecule has 1 aliphatic rings. The molecule has 1 fully saturated rings. The number of amides is 2. The number of hydrogen-bond acceptors (Lipinski definition) is 3. The first-order valence-electron chi connectivity index (χ1n) is 9.29. The topological polar surface area (TPSA) is 49.4 Å². The normalized spacial score (nSPS) is 16.0. The van der Waals surface area contributed by atoms with Crippen molar-refractivity contribution in [2.24, 2.45) is 0 Å². The summed E-state index contributed by atoms with van der Waals surface area (Å²) < 4.78 is 27.7. The van der Waals surface area contributed by atoms with Gasteiger partial charge in [-0.05, 0) is 60.5 Å². The fourth-order valence-corrected chi connectivity index (χ4v) is 4.47. The molecular formula is C23H18F2N2O2S. The summed E-state index contributed by atoms with van der Waals surface area (Å²) >= 11 is 1.42. The Bertz CT molecular complexity index is 1120. The van der Waals surface area contributed by atoms with Gasteiger partial charge in [-0.25, -0.2) is 8.78 Å². The highest BCUT2D eigenvalue weighted by Crippen LogP contribution is 2.43. The van der Waals surface area contributed by atoms with Gasteiger partial charge in [0.05, 0.1) is 11.4 Å². The Labute approximate surface area is 176 Å². The van der Waals surface area contributed by atoms with Crippen molar-refractivity contribution in [1.29, 1.82) is 0 Å². The molecule has 1 saturated heterocycles. The molecule has 1 aliphatic heterocycles. The molecule has 0 bridgehead atoms. The SMILES string of the molecule is Cc1ccc(F)c(N2C(=O)CSC2c2ccc(NC(=O)c3cccc(F)c3)cc2)c1. The number of thioether (sulfide) groups is 1. The predicted octanol–water partition coefficient (Wildman–Crippen LogP) is 5.30. The number of rotatable bonds is 4. The molecule has 0 radical (unpaired) electrons. The Kier molecular flexibility index (Phi) is 5.55. The van der Waals surface area contributed by atoms with Crippen molar-refractivity contribution in [3.05, 3.63) is 95.1 Å². The number of anilines is 2. The van der Waals surface area contributed by atoms with E-state index in [4.69, 9.17) is 0 Å². The van der Waals surface area contributed by atoms with E-state index in [0.717, 1.165) is 11.1 Å². The van der Waals surface area contributed by atoms with Crippen LogP contribution < -0.4 is 10.2 Å². The van der Waals surface area contributed by atoms with Crippen molar-refractivity contribution in [2.75, 3.05) is 16.0 Å². The fraction of sp³-hybridized carbons (Fsp3) is 0.130. The molecule has 4 nitrogen and oxygen atoms in total. The van der Waals surface area contributed by atoms with Crippen LogP contribution in [0.1, 0.15) is 26.9 Å². The first-order valence-corrected chi connectivity index (χ1v) is 10.3. The van der Waals surface area contributed by atoms with Crippen molar-refractivity contribution in [2.45, 2.75) is 12.3 Å². The summed E-state index contributed by atoms with van der Waals surface area (Å²) in [5, 5.41) is 2.36. The monoisotopic (exact) mass is 424 g/mol. The third kappa shape index (κ3) is 4.07. The standard InChI is InChI=1S/C23H18F2N2O2S/c1-14-5-10-19(25)20(11-14)27-21(28)13-30-23(27)15-6-8-18(9-7-15)26-22(29)16-3-2-4-17(24)12-16/h2-12,23H,13H2,1H3,(H,26,29). The first-order chi connectivity index (χ1) is 14.4. The summed E-state index contributed by atoms with van der Waals surface area (Å²) in [6.07, 6.45) is 0. The second-order valence-corrected chi connectivity index (χ2v) is 8.04. The Balaban J connectivity index is 1.55. The van der Waals surface area contributed by atoms with Gasteiger partial charge >= 0.3 is 0 Å². The number of nitrogens with zero attached hydrogens (tertiary/aromatic N) is 1. The molecule has 152 valence electrons. The van der Waals surface area contributed by atoms with Crippen LogP contribution in [0.25, 0.3) is 0 Å². The summed E-state index contributed by atoms with van der Waals surface area (Å²) in [4.78, 5) is 26.2. The Morgan fingerprint density at radius 3 is 2.57 bits per heavy atom. The fourth-order valence-electron chi connectivity index (χ4n) is 3.30. The van der Waals surface area contributed by atoms with Crippen LogP contribution in [0, 0.1) is 18.6 Å². The first kappa shape index (κ1) is 20.1. The maximum atomic E-state index is 14.4. The molecule has 4 rings (SSSR count). The molecule has 1 N–H and O–H groups in total. The molecule has 1 heterocycles. The zero-order chi connectivity index (χ0) is 21.3. The lowest BCUT2D eigenvalue weighted by molar-refractivity contribution is -0.115. The van der Waals surface area contributed by atoms with Gasteiger partial charge in [0.2, 0.25) is 5.91 Å². The van der Waals surface area contributed by atoms with Crippen LogP contribution in [-0.2, 0) is 4.79 Å². The van der Waals surface area contributed by atoms with E-state index in [2.05, 4.69) is 5.32 Å². The van der Waals surface area contributed by atoms with Crippen LogP contribution in [0.4, 0.5) is 20.2 Å². The van der Waals surface area contributed by atoms with Gasteiger partial charge in [-0.2, -0.15) is 0 Å². The van der Waals surface area contributed by atoms with E-state index in [1.807, 2.05) is 6.92 Å². The van der Waals surface area contributed by atoms with Crippen LogP contribution >= 0.6 is 11.8 Å². The lowest BCUT2D eigenvalue weighted by Gasteiger charge is -2.25. The number of carbonyl (C=O) groups excluding carboxylic acids is 2.